The summed E-state index contributed by atoms with van der Waals surface area (Å²) < 4.78 is 75.4. The van der Waals surface area contributed by atoms with Gasteiger partial charge in [0.05, 0.1) is 28.1 Å². The molecule has 9 nitrogen and oxygen atoms in total. The van der Waals surface area contributed by atoms with E-state index in [1.807, 2.05) is 0 Å². The topological polar surface area (TPSA) is 123 Å². The van der Waals surface area contributed by atoms with Crippen molar-refractivity contribution in [3.05, 3.63) is 87.2 Å². The predicted molar refractivity (Wildman–Crippen MR) is 137 cm³/mol. The minimum absolute atomic E-state index is 0.0167. The van der Waals surface area contributed by atoms with Gasteiger partial charge in [-0.2, -0.15) is 8.78 Å². The van der Waals surface area contributed by atoms with Crippen LogP contribution in [0.15, 0.2) is 52.9 Å². The Morgan fingerprint density at radius 3 is 2.21 bits per heavy atom. The standard InChI is InChI=1S/C26H20F3N3O6S/c1-30-26(33)23-18-11-17(13-3-4-13)21(12-22(18)38-25(23)14-5-7-15(27)8-6-14)31(39(2,36)37)16-9-19(28)24(32(34)35)20(29)10-16/h5-13H,3-4H2,1-2H3,(H,30,33). The van der Waals surface area contributed by atoms with E-state index in [4.69, 9.17) is 4.42 Å². The van der Waals surface area contributed by atoms with Crippen LogP contribution < -0.4 is 9.62 Å². The molecule has 3 aromatic carbocycles. The van der Waals surface area contributed by atoms with Crippen molar-refractivity contribution < 1.29 is 35.7 Å². The molecule has 1 heterocycles. The van der Waals surface area contributed by atoms with E-state index in [2.05, 4.69) is 5.32 Å². The van der Waals surface area contributed by atoms with Crippen molar-refractivity contribution in [3.8, 4) is 11.3 Å². The van der Waals surface area contributed by atoms with E-state index < -0.39 is 49.7 Å². The molecule has 0 aliphatic heterocycles. The number of hydrogen-bond acceptors (Lipinski definition) is 6. The number of nitro groups is 1. The molecule has 0 radical (unpaired) electrons. The average Bonchev–Trinajstić information content (AvgIpc) is 3.62. The summed E-state index contributed by atoms with van der Waals surface area (Å²) in [5, 5.41) is 14.0. The predicted octanol–water partition coefficient (Wildman–Crippen LogP) is 5.76. The Morgan fingerprint density at radius 2 is 1.69 bits per heavy atom. The normalized spacial score (nSPS) is 13.5. The van der Waals surface area contributed by atoms with Crippen molar-refractivity contribution in [3.63, 3.8) is 0 Å². The molecule has 1 aromatic heterocycles. The van der Waals surface area contributed by atoms with Gasteiger partial charge in [0, 0.05) is 36.2 Å². The number of sulfonamides is 1. The van der Waals surface area contributed by atoms with E-state index >= 15 is 0 Å². The highest BCUT2D eigenvalue weighted by Gasteiger charge is 2.35. The molecule has 13 heteroatoms. The fourth-order valence-electron chi connectivity index (χ4n) is 4.55. The number of fused-ring (bicyclic) bond motifs is 1. The largest absolute Gasteiger partial charge is 0.455 e. The van der Waals surface area contributed by atoms with Crippen LogP contribution in [0.4, 0.5) is 30.2 Å². The minimum atomic E-state index is -4.25. The van der Waals surface area contributed by atoms with Gasteiger partial charge in [-0.05, 0) is 54.7 Å². The lowest BCUT2D eigenvalue weighted by atomic mass is 10.00. The van der Waals surface area contributed by atoms with Crippen molar-refractivity contribution in [2.45, 2.75) is 18.8 Å². The molecule has 1 N–H and O–H groups in total. The highest BCUT2D eigenvalue weighted by atomic mass is 32.2. The van der Waals surface area contributed by atoms with E-state index in [1.165, 1.54) is 37.4 Å². The summed E-state index contributed by atoms with van der Waals surface area (Å²) in [5.74, 6) is -4.10. The molecule has 1 amide bonds. The second-order valence-electron chi connectivity index (χ2n) is 9.12. The molecule has 5 rings (SSSR count). The molecule has 202 valence electrons. The van der Waals surface area contributed by atoms with Crippen LogP contribution in [-0.4, -0.2) is 32.6 Å². The molecule has 0 spiro atoms. The quantitative estimate of drug-likeness (QED) is 0.227. The summed E-state index contributed by atoms with van der Waals surface area (Å²) in [6.07, 6.45) is 2.21. The van der Waals surface area contributed by atoms with Gasteiger partial charge in [-0.3, -0.25) is 14.9 Å². The molecule has 0 saturated heterocycles. The Morgan fingerprint density at radius 1 is 1.08 bits per heavy atom. The Labute approximate surface area is 220 Å². The lowest BCUT2D eigenvalue weighted by Gasteiger charge is -2.25. The van der Waals surface area contributed by atoms with Gasteiger partial charge >= 0.3 is 5.69 Å². The highest BCUT2D eigenvalue weighted by molar-refractivity contribution is 7.92. The first-order valence-electron chi connectivity index (χ1n) is 11.6. The molecular formula is C26H20F3N3O6S. The van der Waals surface area contributed by atoms with Crippen molar-refractivity contribution in [2.24, 2.45) is 0 Å². The van der Waals surface area contributed by atoms with Crippen LogP contribution in [-0.2, 0) is 10.0 Å². The number of amides is 1. The second kappa shape index (κ2) is 9.42. The van der Waals surface area contributed by atoms with E-state index in [9.17, 15) is 36.5 Å². The Balaban J connectivity index is 1.80. The van der Waals surface area contributed by atoms with Gasteiger partial charge in [0.1, 0.15) is 17.2 Å². The smallest absolute Gasteiger partial charge is 0.340 e. The van der Waals surface area contributed by atoms with Gasteiger partial charge in [0.25, 0.3) is 5.91 Å². The maximum atomic E-state index is 14.6. The first kappa shape index (κ1) is 26.2. The number of carbonyl (C=O) groups excluding carboxylic acids is 1. The summed E-state index contributed by atoms with van der Waals surface area (Å²) in [6, 6.07) is 9.33. The summed E-state index contributed by atoms with van der Waals surface area (Å²) in [4.78, 5) is 22.7. The SMILES string of the molecule is CNC(=O)c1c(-c2ccc(F)cc2)oc2cc(N(c3cc(F)c([N+](=O)[O-])c(F)c3)S(C)(=O)=O)c(C3CC3)cc12. The third-order valence-electron chi connectivity index (χ3n) is 6.38. The zero-order valence-corrected chi connectivity index (χ0v) is 21.3. The van der Waals surface area contributed by atoms with Crippen LogP contribution in [0.25, 0.3) is 22.3 Å². The average molecular weight is 560 g/mol. The maximum absolute atomic E-state index is 14.6. The number of hydrogen-bond donors (Lipinski definition) is 1. The number of nitrogens with one attached hydrogen (secondary N) is 1. The Hall–Kier alpha value is -4.39. The van der Waals surface area contributed by atoms with Crippen LogP contribution >= 0.6 is 0 Å². The minimum Gasteiger partial charge on any atom is -0.455 e. The molecule has 0 bridgehead atoms. The van der Waals surface area contributed by atoms with Crippen molar-refractivity contribution >= 4 is 44.0 Å². The van der Waals surface area contributed by atoms with Crippen LogP contribution in [0.1, 0.15) is 34.7 Å². The number of halogens is 3. The van der Waals surface area contributed by atoms with E-state index in [-0.39, 0.29) is 28.5 Å². The highest BCUT2D eigenvalue weighted by Crippen LogP contribution is 2.49. The number of furan rings is 1. The summed E-state index contributed by atoms with van der Waals surface area (Å²) in [6.45, 7) is 0. The molecule has 0 atom stereocenters. The van der Waals surface area contributed by atoms with Crippen LogP contribution in [0.3, 0.4) is 0 Å². The summed E-state index contributed by atoms with van der Waals surface area (Å²) in [5.41, 5.74) is -0.784. The Bertz CT molecular complexity index is 1740. The van der Waals surface area contributed by atoms with E-state index in [1.54, 1.807) is 6.07 Å². The van der Waals surface area contributed by atoms with Gasteiger partial charge in [-0.15, -0.1) is 0 Å². The summed E-state index contributed by atoms with van der Waals surface area (Å²) >= 11 is 0. The van der Waals surface area contributed by atoms with Crippen molar-refractivity contribution in [1.82, 2.24) is 5.32 Å². The first-order chi connectivity index (χ1) is 18.4. The maximum Gasteiger partial charge on any atom is 0.340 e. The molecular weight excluding hydrogens is 539 g/mol. The number of anilines is 2. The monoisotopic (exact) mass is 559 g/mol. The lowest BCUT2D eigenvalue weighted by molar-refractivity contribution is -0.390. The number of nitro benzene ring substituents is 1. The zero-order valence-electron chi connectivity index (χ0n) is 20.5. The molecule has 1 saturated carbocycles. The molecule has 4 aromatic rings. The van der Waals surface area contributed by atoms with Gasteiger partial charge in [-0.25, -0.2) is 17.1 Å². The third-order valence-corrected chi connectivity index (χ3v) is 7.45. The van der Waals surface area contributed by atoms with Crippen molar-refractivity contribution in [2.75, 3.05) is 17.6 Å². The molecule has 1 aliphatic rings. The Kier molecular flexibility index (Phi) is 6.33. The lowest BCUT2D eigenvalue weighted by Crippen LogP contribution is -2.26. The number of nitrogens with zero attached hydrogens (tertiary/aromatic N) is 2. The molecule has 1 aliphatic carbocycles. The van der Waals surface area contributed by atoms with Gasteiger partial charge in [0.15, 0.2) is 0 Å². The first-order valence-corrected chi connectivity index (χ1v) is 13.5. The van der Waals surface area contributed by atoms with E-state index in [0.29, 0.717) is 45.8 Å². The summed E-state index contributed by atoms with van der Waals surface area (Å²) in [7, 11) is -2.82. The molecule has 1 fully saturated rings. The fraction of sp³-hybridized carbons (Fsp3) is 0.192. The zero-order chi connectivity index (χ0) is 28.2. The number of carbonyl (C=O) groups is 1. The van der Waals surface area contributed by atoms with Crippen LogP contribution in [0.2, 0.25) is 0 Å². The number of rotatable bonds is 7. The number of benzene rings is 3. The third kappa shape index (κ3) is 4.69. The second-order valence-corrected chi connectivity index (χ2v) is 10.9. The van der Waals surface area contributed by atoms with Gasteiger partial charge < -0.3 is 9.73 Å². The van der Waals surface area contributed by atoms with Gasteiger partial charge in [-0.1, -0.05) is 0 Å². The van der Waals surface area contributed by atoms with Crippen LogP contribution in [0.5, 0.6) is 0 Å². The van der Waals surface area contributed by atoms with E-state index in [0.717, 1.165) is 6.26 Å². The van der Waals surface area contributed by atoms with Crippen molar-refractivity contribution in [1.29, 1.82) is 0 Å². The van der Waals surface area contributed by atoms with Crippen LogP contribution in [0, 0.1) is 27.6 Å². The fourth-order valence-corrected chi connectivity index (χ4v) is 5.56. The molecule has 0 unspecified atom stereocenters. The van der Waals surface area contributed by atoms with Gasteiger partial charge in [0.2, 0.25) is 21.7 Å². The molecule has 39 heavy (non-hydrogen) atoms.